The third kappa shape index (κ3) is 2.94. The van der Waals surface area contributed by atoms with Crippen LogP contribution >= 0.6 is 0 Å². The molecule has 23 heavy (non-hydrogen) atoms. The highest BCUT2D eigenvalue weighted by atomic mass is 32.2. The second kappa shape index (κ2) is 5.69. The van der Waals surface area contributed by atoms with Crippen molar-refractivity contribution < 1.29 is 22.0 Å². The Morgan fingerprint density at radius 3 is 2.70 bits per heavy atom. The van der Waals surface area contributed by atoms with Gasteiger partial charge in [-0.15, -0.1) is 0 Å². The van der Waals surface area contributed by atoms with E-state index in [1.807, 2.05) is 0 Å². The van der Waals surface area contributed by atoms with Gasteiger partial charge in [-0.25, -0.2) is 22.2 Å². The summed E-state index contributed by atoms with van der Waals surface area (Å²) in [6.45, 7) is -0.0684. The van der Waals surface area contributed by atoms with E-state index >= 15 is 0 Å². The standard InChI is InChI=1S/C15H12F2N2O3S/c16-11-7-12(17)14(18-8-11)15(20)19-5-6-23(21,22)13-4-2-1-3-10(13)9-19/h1-4,7-8H,5-6,9H2. The number of hydrogen-bond acceptors (Lipinski definition) is 4. The molecule has 1 aliphatic heterocycles. The van der Waals surface area contributed by atoms with E-state index in [0.29, 0.717) is 11.6 Å². The predicted octanol–water partition coefficient (Wildman–Crippen LogP) is 1.79. The van der Waals surface area contributed by atoms with Gasteiger partial charge < -0.3 is 4.90 Å². The zero-order chi connectivity index (χ0) is 16.6. The number of aromatic nitrogens is 1. The summed E-state index contributed by atoms with van der Waals surface area (Å²) in [6.07, 6.45) is 0.749. The fraction of sp³-hybridized carbons (Fsp3) is 0.200. The normalized spacial score (nSPS) is 16.5. The average Bonchev–Trinajstić information content (AvgIpc) is 2.64. The number of sulfone groups is 1. The molecule has 120 valence electrons. The largest absolute Gasteiger partial charge is 0.332 e. The van der Waals surface area contributed by atoms with E-state index in [2.05, 4.69) is 4.98 Å². The van der Waals surface area contributed by atoms with E-state index < -0.39 is 33.1 Å². The first-order valence-corrected chi connectivity index (χ1v) is 8.45. The molecule has 2 aromatic rings. The van der Waals surface area contributed by atoms with Crippen LogP contribution in [0.25, 0.3) is 0 Å². The molecule has 8 heteroatoms. The summed E-state index contributed by atoms with van der Waals surface area (Å²) in [4.78, 5) is 17.3. The number of nitrogens with zero attached hydrogens (tertiary/aromatic N) is 2. The van der Waals surface area contributed by atoms with Crippen LogP contribution in [-0.2, 0) is 16.4 Å². The zero-order valence-electron chi connectivity index (χ0n) is 11.9. The smallest absolute Gasteiger partial charge is 0.275 e. The van der Waals surface area contributed by atoms with Gasteiger partial charge in [0.15, 0.2) is 21.3 Å². The van der Waals surface area contributed by atoms with E-state index in [1.54, 1.807) is 18.2 Å². The lowest BCUT2D eigenvalue weighted by molar-refractivity contribution is 0.0743. The molecule has 1 aromatic carbocycles. The third-order valence-electron chi connectivity index (χ3n) is 3.60. The summed E-state index contributed by atoms with van der Waals surface area (Å²) in [6, 6.07) is 6.93. The number of carbonyl (C=O) groups excluding carboxylic acids is 1. The summed E-state index contributed by atoms with van der Waals surface area (Å²) in [7, 11) is -3.51. The van der Waals surface area contributed by atoms with Gasteiger partial charge >= 0.3 is 0 Å². The van der Waals surface area contributed by atoms with Crippen LogP contribution in [0.5, 0.6) is 0 Å². The Bertz CT molecular complexity index is 884. The number of rotatable bonds is 1. The predicted molar refractivity (Wildman–Crippen MR) is 77.4 cm³/mol. The van der Waals surface area contributed by atoms with Gasteiger partial charge in [0.25, 0.3) is 5.91 Å². The van der Waals surface area contributed by atoms with Crippen LogP contribution in [0.1, 0.15) is 16.1 Å². The molecule has 0 atom stereocenters. The van der Waals surface area contributed by atoms with Crippen molar-refractivity contribution in [3.8, 4) is 0 Å². The number of hydrogen-bond donors (Lipinski definition) is 0. The number of carbonyl (C=O) groups is 1. The molecular weight excluding hydrogens is 326 g/mol. The molecule has 1 aromatic heterocycles. The highest BCUT2D eigenvalue weighted by Gasteiger charge is 2.29. The lowest BCUT2D eigenvalue weighted by Crippen LogP contribution is -2.33. The van der Waals surface area contributed by atoms with Crippen LogP contribution in [-0.4, -0.2) is 36.5 Å². The van der Waals surface area contributed by atoms with E-state index in [-0.39, 0.29) is 23.7 Å². The quantitative estimate of drug-likeness (QED) is 0.795. The molecule has 0 bridgehead atoms. The van der Waals surface area contributed by atoms with E-state index in [4.69, 9.17) is 0 Å². The number of halogens is 2. The Balaban J connectivity index is 1.98. The Morgan fingerprint density at radius 2 is 1.96 bits per heavy atom. The monoisotopic (exact) mass is 338 g/mol. The van der Waals surface area contributed by atoms with Crippen molar-refractivity contribution in [2.24, 2.45) is 0 Å². The summed E-state index contributed by atoms with van der Waals surface area (Å²) in [5, 5.41) is 0. The minimum Gasteiger partial charge on any atom is -0.332 e. The number of amides is 1. The van der Waals surface area contributed by atoms with Crippen LogP contribution in [0.15, 0.2) is 41.4 Å². The van der Waals surface area contributed by atoms with Crippen LogP contribution in [0.2, 0.25) is 0 Å². The van der Waals surface area contributed by atoms with Gasteiger partial charge in [0, 0.05) is 19.2 Å². The minimum atomic E-state index is -3.51. The second-order valence-electron chi connectivity index (χ2n) is 5.14. The lowest BCUT2D eigenvalue weighted by Gasteiger charge is -2.20. The van der Waals surface area contributed by atoms with Crippen molar-refractivity contribution in [2.45, 2.75) is 11.4 Å². The van der Waals surface area contributed by atoms with Gasteiger partial charge in [-0.3, -0.25) is 4.79 Å². The molecule has 3 rings (SSSR count). The van der Waals surface area contributed by atoms with Gasteiger partial charge in [0.2, 0.25) is 0 Å². The highest BCUT2D eigenvalue weighted by Crippen LogP contribution is 2.23. The van der Waals surface area contributed by atoms with Crippen molar-refractivity contribution in [3.05, 3.63) is 59.4 Å². The van der Waals surface area contributed by atoms with Crippen LogP contribution in [0, 0.1) is 11.6 Å². The van der Waals surface area contributed by atoms with Crippen LogP contribution in [0.3, 0.4) is 0 Å². The van der Waals surface area contributed by atoms with Gasteiger partial charge in [0.05, 0.1) is 16.8 Å². The summed E-state index contributed by atoms with van der Waals surface area (Å²) in [5.41, 5.74) is -0.0657. The van der Waals surface area contributed by atoms with Crippen molar-refractivity contribution in [2.75, 3.05) is 12.3 Å². The molecule has 0 unspecified atom stereocenters. The molecule has 0 fully saturated rings. The highest BCUT2D eigenvalue weighted by molar-refractivity contribution is 7.91. The van der Waals surface area contributed by atoms with Crippen molar-refractivity contribution in [1.82, 2.24) is 9.88 Å². The van der Waals surface area contributed by atoms with Crippen molar-refractivity contribution >= 4 is 15.7 Å². The molecule has 2 heterocycles. The molecule has 0 N–H and O–H groups in total. The molecule has 0 aliphatic carbocycles. The fourth-order valence-corrected chi connectivity index (χ4v) is 3.96. The molecule has 0 spiro atoms. The maximum absolute atomic E-state index is 13.7. The topological polar surface area (TPSA) is 67.3 Å². The van der Waals surface area contributed by atoms with Gasteiger partial charge in [0.1, 0.15) is 5.82 Å². The van der Waals surface area contributed by atoms with Gasteiger partial charge in [-0.1, -0.05) is 18.2 Å². The average molecular weight is 338 g/mol. The summed E-state index contributed by atoms with van der Waals surface area (Å²) >= 11 is 0. The Labute approximate surface area is 131 Å². The molecule has 1 amide bonds. The maximum Gasteiger partial charge on any atom is 0.275 e. The van der Waals surface area contributed by atoms with E-state index in [9.17, 15) is 22.0 Å². The first kappa shape index (κ1) is 15.5. The molecule has 0 radical (unpaired) electrons. The zero-order valence-corrected chi connectivity index (χ0v) is 12.7. The first-order chi connectivity index (χ1) is 10.9. The molecule has 5 nitrogen and oxygen atoms in total. The number of pyridine rings is 1. The maximum atomic E-state index is 13.7. The molecule has 0 saturated heterocycles. The molecule has 1 aliphatic rings. The van der Waals surface area contributed by atoms with Crippen molar-refractivity contribution in [3.63, 3.8) is 0 Å². The first-order valence-electron chi connectivity index (χ1n) is 6.79. The molecule has 0 saturated carbocycles. The Morgan fingerprint density at radius 1 is 1.22 bits per heavy atom. The van der Waals surface area contributed by atoms with Gasteiger partial charge in [-0.05, 0) is 11.6 Å². The van der Waals surface area contributed by atoms with Gasteiger partial charge in [-0.2, -0.15) is 0 Å². The lowest BCUT2D eigenvalue weighted by atomic mass is 10.2. The minimum absolute atomic E-state index is 0.0206. The van der Waals surface area contributed by atoms with E-state index in [0.717, 1.165) is 6.20 Å². The summed E-state index contributed by atoms with van der Waals surface area (Å²) < 4.78 is 51.1. The van der Waals surface area contributed by atoms with Crippen LogP contribution in [0.4, 0.5) is 8.78 Å². The SMILES string of the molecule is O=C(c1ncc(F)cc1F)N1CCS(=O)(=O)c2ccccc2C1. The third-order valence-corrected chi connectivity index (χ3v) is 5.38. The second-order valence-corrected chi connectivity index (χ2v) is 7.21. The van der Waals surface area contributed by atoms with Crippen molar-refractivity contribution in [1.29, 1.82) is 0 Å². The Hall–Kier alpha value is -2.35. The Kier molecular flexibility index (Phi) is 3.85. The molecular formula is C15H12F2N2O3S. The number of benzene rings is 1. The van der Waals surface area contributed by atoms with Crippen LogP contribution < -0.4 is 0 Å². The number of fused-ring (bicyclic) bond motifs is 1. The van der Waals surface area contributed by atoms with E-state index in [1.165, 1.54) is 11.0 Å². The summed E-state index contributed by atoms with van der Waals surface area (Å²) in [5.74, 6) is -2.99. The fourth-order valence-electron chi connectivity index (χ4n) is 2.46.